The van der Waals surface area contributed by atoms with Crippen LogP contribution in [0.15, 0.2) is 72.8 Å². The van der Waals surface area contributed by atoms with E-state index in [9.17, 15) is 19.2 Å². The van der Waals surface area contributed by atoms with Gasteiger partial charge in [-0.05, 0) is 62.2 Å². The highest BCUT2D eigenvalue weighted by molar-refractivity contribution is 5.99. The number of carboxylic acids is 2. The zero-order valence-electron chi connectivity index (χ0n) is 23.3. The number of likely N-dealkylation sites (tertiary alicyclic amines) is 2. The molecule has 2 heterocycles. The highest BCUT2D eigenvalue weighted by Crippen LogP contribution is 2.43. The first kappa shape index (κ1) is 29.7. The molecule has 1 atom stereocenters. The number of carbonyl (C=O) groups excluding carboxylic acids is 2. The standard InChI is InChI=1S/C28H33N3O2.C4H4O4/c1-29-21-23(20-26(29)32)27(33)31(24-9-3-2-4-10-24)17-7-16-30-18-14-28(15-19-30)13-12-22-8-5-6-11-25(22)28;5-3(6)1-2-4(7)8/h2-6,8-13,23H,7,14-21H2,1H3;1-2H,(H,5,6)(H,7,8)/b;2-1+. The summed E-state index contributed by atoms with van der Waals surface area (Å²) in [5.41, 5.74) is 4.00. The Morgan fingerprint density at radius 2 is 1.61 bits per heavy atom. The highest BCUT2D eigenvalue weighted by atomic mass is 16.4. The number of aliphatic carboxylic acids is 2. The van der Waals surface area contributed by atoms with Crippen molar-refractivity contribution >= 4 is 35.5 Å². The van der Waals surface area contributed by atoms with E-state index in [4.69, 9.17) is 10.2 Å². The van der Waals surface area contributed by atoms with Crippen LogP contribution >= 0.6 is 0 Å². The SMILES string of the molecule is CN1CC(C(=O)N(CCCN2CCC3(C=Cc4ccccc43)CC2)c2ccccc2)CC1=O.O=C(O)/C=C/C(=O)O. The number of rotatable bonds is 8. The van der Waals surface area contributed by atoms with E-state index < -0.39 is 11.9 Å². The number of piperidine rings is 1. The van der Waals surface area contributed by atoms with E-state index in [1.165, 1.54) is 11.1 Å². The molecule has 9 heteroatoms. The van der Waals surface area contributed by atoms with E-state index in [-0.39, 0.29) is 23.1 Å². The van der Waals surface area contributed by atoms with Gasteiger partial charge in [0.25, 0.3) is 0 Å². The molecule has 3 aliphatic rings. The van der Waals surface area contributed by atoms with Crippen LogP contribution in [0.25, 0.3) is 6.08 Å². The number of allylic oxidation sites excluding steroid dienone is 1. The largest absolute Gasteiger partial charge is 0.478 e. The Labute approximate surface area is 240 Å². The molecule has 1 aliphatic carbocycles. The van der Waals surface area contributed by atoms with E-state index in [1.807, 2.05) is 35.2 Å². The summed E-state index contributed by atoms with van der Waals surface area (Å²) in [6.07, 6.45) is 9.38. The van der Waals surface area contributed by atoms with Gasteiger partial charge in [-0.15, -0.1) is 0 Å². The maximum atomic E-state index is 13.3. The zero-order chi connectivity index (χ0) is 29.4. The second-order valence-corrected chi connectivity index (χ2v) is 10.8. The molecule has 216 valence electrons. The smallest absolute Gasteiger partial charge is 0.328 e. The van der Waals surface area contributed by atoms with Crippen LogP contribution in [-0.2, 0) is 24.6 Å². The Balaban J connectivity index is 0.000000426. The molecule has 41 heavy (non-hydrogen) atoms. The van der Waals surface area contributed by atoms with Crippen molar-refractivity contribution in [3.63, 3.8) is 0 Å². The molecule has 2 aromatic rings. The lowest BCUT2D eigenvalue weighted by molar-refractivity contribution is -0.134. The number of para-hydroxylation sites is 1. The van der Waals surface area contributed by atoms with Gasteiger partial charge in [-0.3, -0.25) is 9.59 Å². The van der Waals surface area contributed by atoms with Crippen LogP contribution in [0.2, 0.25) is 0 Å². The van der Waals surface area contributed by atoms with Gasteiger partial charge in [0.15, 0.2) is 0 Å². The van der Waals surface area contributed by atoms with Gasteiger partial charge in [-0.25, -0.2) is 9.59 Å². The molecule has 0 aromatic heterocycles. The average molecular weight is 560 g/mol. The van der Waals surface area contributed by atoms with E-state index in [0.29, 0.717) is 31.7 Å². The minimum atomic E-state index is -1.26. The van der Waals surface area contributed by atoms with Gasteiger partial charge in [0.2, 0.25) is 11.8 Å². The summed E-state index contributed by atoms with van der Waals surface area (Å²) in [7, 11) is 1.78. The maximum Gasteiger partial charge on any atom is 0.328 e. The Bertz CT molecular complexity index is 1300. The van der Waals surface area contributed by atoms with Crippen LogP contribution in [0.3, 0.4) is 0 Å². The third kappa shape index (κ3) is 7.49. The molecule has 2 aliphatic heterocycles. The topological polar surface area (TPSA) is 118 Å². The van der Waals surface area contributed by atoms with Gasteiger partial charge in [0, 0.05) is 49.8 Å². The number of carbonyl (C=O) groups is 4. The minimum Gasteiger partial charge on any atom is -0.478 e. The third-order valence-corrected chi connectivity index (χ3v) is 8.08. The van der Waals surface area contributed by atoms with Gasteiger partial charge >= 0.3 is 11.9 Å². The Hall–Kier alpha value is -4.24. The first-order valence-electron chi connectivity index (χ1n) is 13.9. The Morgan fingerprint density at radius 3 is 2.22 bits per heavy atom. The predicted molar refractivity (Wildman–Crippen MR) is 156 cm³/mol. The van der Waals surface area contributed by atoms with E-state index >= 15 is 0 Å². The maximum absolute atomic E-state index is 13.3. The lowest BCUT2D eigenvalue weighted by Crippen LogP contribution is -2.43. The molecule has 1 spiro atoms. The molecular weight excluding hydrogens is 522 g/mol. The van der Waals surface area contributed by atoms with Crippen molar-refractivity contribution in [2.75, 3.05) is 44.7 Å². The molecule has 2 fully saturated rings. The van der Waals surface area contributed by atoms with Crippen LogP contribution in [0.5, 0.6) is 0 Å². The van der Waals surface area contributed by atoms with Crippen molar-refractivity contribution in [3.8, 4) is 0 Å². The lowest BCUT2D eigenvalue weighted by Gasteiger charge is -2.39. The molecule has 0 radical (unpaired) electrons. The summed E-state index contributed by atoms with van der Waals surface area (Å²) in [5, 5.41) is 15.6. The first-order chi connectivity index (χ1) is 19.7. The second kappa shape index (κ2) is 13.4. The molecule has 2 saturated heterocycles. The summed E-state index contributed by atoms with van der Waals surface area (Å²) < 4.78 is 0. The van der Waals surface area contributed by atoms with Gasteiger partial charge in [-0.1, -0.05) is 54.6 Å². The van der Waals surface area contributed by atoms with Crippen molar-refractivity contribution in [2.45, 2.75) is 31.1 Å². The zero-order valence-corrected chi connectivity index (χ0v) is 23.3. The molecule has 5 rings (SSSR count). The summed E-state index contributed by atoms with van der Waals surface area (Å²) in [5.74, 6) is -2.62. The van der Waals surface area contributed by atoms with Crippen LogP contribution in [-0.4, -0.2) is 83.5 Å². The quantitative estimate of drug-likeness (QED) is 0.474. The number of carboxylic acid groups (broad SMARTS) is 2. The summed E-state index contributed by atoms with van der Waals surface area (Å²) in [6, 6.07) is 18.7. The molecule has 2 amide bonds. The number of amides is 2. The minimum absolute atomic E-state index is 0.0612. The number of benzene rings is 2. The molecular formula is C32H37N3O6. The van der Waals surface area contributed by atoms with E-state index in [2.05, 4.69) is 41.3 Å². The fourth-order valence-corrected chi connectivity index (χ4v) is 5.87. The predicted octanol–water partition coefficient (Wildman–Crippen LogP) is 3.66. The van der Waals surface area contributed by atoms with Crippen molar-refractivity contribution < 1.29 is 29.4 Å². The summed E-state index contributed by atoms with van der Waals surface area (Å²) in [6.45, 7) is 4.35. The van der Waals surface area contributed by atoms with Crippen LogP contribution in [0.4, 0.5) is 5.69 Å². The van der Waals surface area contributed by atoms with Gasteiger partial charge in [0.1, 0.15) is 0 Å². The first-order valence-corrected chi connectivity index (χ1v) is 13.9. The van der Waals surface area contributed by atoms with Gasteiger partial charge in [0.05, 0.1) is 5.92 Å². The number of anilines is 1. The van der Waals surface area contributed by atoms with Gasteiger partial charge in [-0.2, -0.15) is 0 Å². The molecule has 9 nitrogen and oxygen atoms in total. The molecule has 2 N–H and O–H groups in total. The molecule has 0 bridgehead atoms. The average Bonchev–Trinajstić information content (AvgIpc) is 3.51. The molecule has 0 saturated carbocycles. The van der Waals surface area contributed by atoms with Crippen LogP contribution in [0, 0.1) is 5.92 Å². The lowest BCUT2D eigenvalue weighted by atomic mass is 9.74. The van der Waals surface area contributed by atoms with Crippen molar-refractivity contribution in [1.29, 1.82) is 0 Å². The van der Waals surface area contributed by atoms with Crippen LogP contribution < -0.4 is 4.90 Å². The number of nitrogens with zero attached hydrogens (tertiary/aromatic N) is 3. The molecule has 1 unspecified atom stereocenters. The number of fused-ring (bicyclic) bond motifs is 2. The highest BCUT2D eigenvalue weighted by Gasteiger charge is 2.38. The summed E-state index contributed by atoms with van der Waals surface area (Å²) >= 11 is 0. The van der Waals surface area contributed by atoms with Crippen LogP contribution in [0.1, 0.15) is 36.8 Å². The van der Waals surface area contributed by atoms with Gasteiger partial charge < -0.3 is 24.9 Å². The fourth-order valence-electron chi connectivity index (χ4n) is 5.87. The van der Waals surface area contributed by atoms with Crippen molar-refractivity contribution in [2.24, 2.45) is 5.92 Å². The number of hydrogen-bond donors (Lipinski definition) is 2. The second-order valence-electron chi connectivity index (χ2n) is 10.8. The number of hydrogen-bond acceptors (Lipinski definition) is 5. The van der Waals surface area contributed by atoms with E-state index in [1.54, 1.807) is 11.9 Å². The van der Waals surface area contributed by atoms with Crippen molar-refractivity contribution in [3.05, 3.63) is 84.0 Å². The fraction of sp³-hybridized carbons (Fsp3) is 0.375. The monoisotopic (exact) mass is 559 g/mol. The normalized spacial score (nSPS) is 19.2. The molecule has 2 aromatic carbocycles. The Kier molecular flexibility index (Phi) is 9.73. The van der Waals surface area contributed by atoms with E-state index in [0.717, 1.165) is 44.6 Å². The summed E-state index contributed by atoms with van der Waals surface area (Å²) in [4.78, 5) is 50.5. The Morgan fingerprint density at radius 1 is 0.976 bits per heavy atom. The van der Waals surface area contributed by atoms with Crippen molar-refractivity contribution in [1.82, 2.24) is 9.80 Å². The third-order valence-electron chi connectivity index (χ3n) is 8.08.